The van der Waals surface area contributed by atoms with Gasteiger partial charge in [-0.1, -0.05) is 120 Å². The average molecular weight is 752 g/mol. The van der Waals surface area contributed by atoms with Crippen molar-refractivity contribution in [2.45, 2.75) is 160 Å². The molecule has 3 unspecified atom stereocenters. The summed E-state index contributed by atoms with van der Waals surface area (Å²) >= 11 is 0. The maximum absolute atomic E-state index is 12.8. The fourth-order valence-electron chi connectivity index (χ4n) is 5.44. The van der Waals surface area contributed by atoms with Gasteiger partial charge in [0.25, 0.3) is 0 Å². The number of quaternary nitrogens is 1. The summed E-state index contributed by atoms with van der Waals surface area (Å²) in [4.78, 5) is 23.0. The summed E-state index contributed by atoms with van der Waals surface area (Å²) in [6.07, 6.45) is 40.4. The van der Waals surface area contributed by atoms with Crippen LogP contribution in [0.1, 0.15) is 136 Å². The number of amides is 1. The Kier molecular flexibility index (Phi) is 28.2. The van der Waals surface area contributed by atoms with Gasteiger partial charge >= 0.3 is 7.82 Å². The predicted octanol–water partition coefficient (Wildman–Crippen LogP) is 9.67. The normalized spacial score (nSPS) is 19.1. The number of carbonyl (C=O) groups is 1. The van der Waals surface area contributed by atoms with E-state index in [-0.39, 0.29) is 25.5 Å². The van der Waals surface area contributed by atoms with Crippen molar-refractivity contribution in [2.24, 2.45) is 0 Å². The molecule has 1 rings (SSSR count). The zero-order valence-electron chi connectivity index (χ0n) is 33.5. The maximum Gasteiger partial charge on any atom is 0.472 e. The van der Waals surface area contributed by atoms with Gasteiger partial charge in [0, 0.05) is 6.42 Å². The van der Waals surface area contributed by atoms with Crippen LogP contribution in [0.5, 0.6) is 0 Å². The second-order valence-electron chi connectivity index (χ2n) is 15.0. The third-order valence-corrected chi connectivity index (χ3v) is 9.85. The van der Waals surface area contributed by atoms with Crippen LogP contribution < -0.4 is 5.32 Å². The van der Waals surface area contributed by atoms with Crippen molar-refractivity contribution in [3.8, 4) is 0 Å². The van der Waals surface area contributed by atoms with Gasteiger partial charge in [0.1, 0.15) is 13.2 Å². The summed E-state index contributed by atoms with van der Waals surface area (Å²) in [6.45, 7) is 4.66. The number of rotatable bonds is 34. The molecule has 9 nitrogen and oxygen atoms in total. The molecule has 1 heterocycles. The summed E-state index contributed by atoms with van der Waals surface area (Å²) in [5, 5.41) is 13.7. The van der Waals surface area contributed by atoms with Crippen LogP contribution in [-0.2, 0) is 23.1 Å². The van der Waals surface area contributed by atoms with E-state index in [0.29, 0.717) is 29.7 Å². The van der Waals surface area contributed by atoms with Gasteiger partial charge in [0.2, 0.25) is 5.91 Å². The molecule has 0 aromatic rings. The van der Waals surface area contributed by atoms with Crippen molar-refractivity contribution in [3.05, 3.63) is 60.8 Å². The monoisotopic (exact) mass is 752 g/mol. The van der Waals surface area contributed by atoms with Gasteiger partial charge in [-0.3, -0.25) is 13.8 Å². The molecule has 0 aliphatic carbocycles. The molecule has 1 fully saturated rings. The van der Waals surface area contributed by atoms with Crippen LogP contribution in [0.25, 0.3) is 0 Å². The highest BCUT2D eigenvalue weighted by molar-refractivity contribution is 7.47. The van der Waals surface area contributed by atoms with E-state index >= 15 is 0 Å². The van der Waals surface area contributed by atoms with Crippen molar-refractivity contribution in [1.82, 2.24) is 5.32 Å². The largest absolute Gasteiger partial charge is 0.472 e. The molecule has 0 spiro atoms. The van der Waals surface area contributed by atoms with Crippen LogP contribution >= 0.6 is 7.82 Å². The number of nitrogens with zero attached hydrogens (tertiary/aromatic N) is 1. The standard InChI is InChI=1S/C42H75N2O7P/c1-6-8-10-12-14-15-16-17-18-20-23-27-31-39(45)38(37-50-52(47,48)49-36-35-44(3,4)5)43-42(46)34-30-26-22-19-21-25-29-33-41-40(51-41)32-28-24-13-11-9-7-2/h17-19,22,24-25,27-29,31,38-41,45H,6-16,20-21,23,26,30,32-37H2,1-5H3,(H-,43,46,47,48)/p+1/b18-17-,22-19-,28-24-,29-25-,31-27+/t38-,39+,40?,41?/m0/s1. The molecular formula is C42H76N2O7P+. The number of allylic oxidation sites excluding steroid dienone is 7. The lowest BCUT2D eigenvalue weighted by atomic mass is 10.1. The Balaban J connectivity index is 2.43. The number of likely N-dealkylation sites (N-methyl/N-ethyl adjacent to an activating group) is 1. The highest BCUT2D eigenvalue weighted by Crippen LogP contribution is 2.43. The number of hydrogen-bond donors (Lipinski definition) is 3. The quantitative estimate of drug-likeness (QED) is 0.0197. The summed E-state index contributed by atoms with van der Waals surface area (Å²) < 4.78 is 29.2. The molecule has 1 saturated heterocycles. The summed E-state index contributed by atoms with van der Waals surface area (Å²) in [5.74, 6) is -0.250. The van der Waals surface area contributed by atoms with Gasteiger partial charge in [-0.05, 0) is 70.6 Å². The molecule has 0 saturated carbocycles. The zero-order chi connectivity index (χ0) is 38.3. The third kappa shape index (κ3) is 29.6. The Labute approximate surface area is 317 Å². The molecule has 1 aliphatic heterocycles. The Morgan fingerprint density at radius 1 is 0.750 bits per heavy atom. The number of hydrogen-bond acceptors (Lipinski definition) is 6. The smallest absolute Gasteiger partial charge is 0.387 e. The van der Waals surface area contributed by atoms with E-state index in [2.05, 4.69) is 67.8 Å². The zero-order valence-corrected chi connectivity index (χ0v) is 34.4. The molecule has 52 heavy (non-hydrogen) atoms. The molecule has 300 valence electrons. The molecule has 0 aromatic carbocycles. The van der Waals surface area contributed by atoms with Crippen LogP contribution in [0, 0.1) is 0 Å². The molecule has 1 aliphatic rings. The lowest BCUT2D eigenvalue weighted by Crippen LogP contribution is -2.45. The van der Waals surface area contributed by atoms with E-state index in [1.54, 1.807) is 6.08 Å². The fourth-order valence-corrected chi connectivity index (χ4v) is 6.18. The predicted molar refractivity (Wildman–Crippen MR) is 216 cm³/mol. The number of epoxide rings is 1. The van der Waals surface area contributed by atoms with Crippen LogP contribution in [0.15, 0.2) is 60.8 Å². The molecule has 0 radical (unpaired) electrons. The highest BCUT2D eigenvalue weighted by atomic mass is 31.2. The lowest BCUT2D eigenvalue weighted by molar-refractivity contribution is -0.870. The van der Waals surface area contributed by atoms with Crippen molar-refractivity contribution in [1.29, 1.82) is 0 Å². The van der Waals surface area contributed by atoms with Crippen LogP contribution in [0.3, 0.4) is 0 Å². The number of aliphatic hydroxyl groups is 1. The minimum absolute atomic E-state index is 0.0406. The van der Waals surface area contributed by atoms with Crippen LogP contribution in [0.4, 0.5) is 0 Å². The molecule has 0 aromatic heterocycles. The van der Waals surface area contributed by atoms with Gasteiger partial charge < -0.3 is 24.5 Å². The second kappa shape index (κ2) is 30.5. The number of ether oxygens (including phenoxy) is 1. The first kappa shape index (κ1) is 48.2. The molecule has 5 atom stereocenters. The first-order chi connectivity index (χ1) is 25.0. The third-order valence-electron chi connectivity index (χ3n) is 8.86. The van der Waals surface area contributed by atoms with Gasteiger partial charge in [-0.15, -0.1) is 0 Å². The van der Waals surface area contributed by atoms with E-state index in [1.807, 2.05) is 27.2 Å². The Morgan fingerprint density at radius 3 is 2.00 bits per heavy atom. The number of phosphoric acid groups is 1. The topological polar surface area (TPSA) is 118 Å². The van der Waals surface area contributed by atoms with Crippen molar-refractivity contribution in [3.63, 3.8) is 0 Å². The SMILES string of the molecule is CCCCC/C=C\CC1OC1C/C=C\C/C=C\CCCC(=O)N[C@@H](COP(=O)(O)OCC[N+](C)(C)C)[C@H](O)/C=C/CC/C=C\CCCCCCCC. The van der Waals surface area contributed by atoms with Crippen LogP contribution in [-0.4, -0.2) is 85.6 Å². The molecular weight excluding hydrogens is 675 g/mol. The van der Waals surface area contributed by atoms with Gasteiger partial charge in [0.05, 0.1) is 52.1 Å². The summed E-state index contributed by atoms with van der Waals surface area (Å²) in [6, 6.07) is -0.896. The van der Waals surface area contributed by atoms with E-state index < -0.39 is 20.0 Å². The Hall–Kier alpha value is -1.84. The van der Waals surface area contributed by atoms with Crippen molar-refractivity contribution < 1.29 is 37.6 Å². The number of nitrogens with one attached hydrogen (secondary N) is 1. The highest BCUT2D eigenvalue weighted by Gasteiger charge is 2.36. The van der Waals surface area contributed by atoms with Gasteiger partial charge in [-0.25, -0.2) is 4.57 Å². The fraction of sp³-hybridized carbons (Fsp3) is 0.738. The lowest BCUT2D eigenvalue weighted by Gasteiger charge is -2.25. The Bertz CT molecular complexity index is 1100. The molecule has 0 bridgehead atoms. The van der Waals surface area contributed by atoms with Crippen LogP contribution in [0.2, 0.25) is 0 Å². The minimum Gasteiger partial charge on any atom is -0.387 e. The van der Waals surface area contributed by atoms with E-state index in [9.17, 15) is 19.4 Å². The van der Waals surface area contributed by atoms with Gasteiger partial charge in [-0.2, -0.15) is 0 Å². The first-order valence-corrected chi connectivity index (χ1v) is 21.8. The van der Waals surface area contributed by atoms with Crippen molar-refractivity contribution >= 4 is 13.7 Å². The Morgan fingerprint density at radius 2 is 1.29 bits per heavy atom. The van der Waals surface area contributed by atoms with E-state index in [0.717, 1.165) is 44.9 Å². The summed E-state index contributed by atoms with van der Waals surface area (Å²) in [5.41, 5.74) is 0. The minimum atomic E-state index is -4.36. The second-order valence-corrected chi connectivity index (χ2v) is 16.5. The number of unbranched alkanes of at least 4 members (excludes halogenated alkanes) is 11. The number of aliphatic hydroxyl groups excluding tert-OH is 1. The molecule has 1 amide bonds. The maximum atomic E-state index is 12.8. The molecule has 10 heteroatoms. The first-order valence-electron chi connectivity index (χ1n) is 20.3. The van der Waals surface area contributed by atoms with Crippen molar-refractivity contribution in [2.75, 3.05) is 40.9 Å². The van der Waals surface area contributed by atoms with E-state index in [1.165, 1.54) is 64.2 Å². The van der Waals surface area contributed by atoms with Gasteiger partial charge in [0.15, 0.2) is 0 Å². The molecule has 3 N–H and O–H groups in total. The number of carbonyl (C=O) groups excluding carboxylic acids is 1. The van der Waals surface area contributed by atoms with E-state index in [4.69, 9.17) is 13.8 Å². The summed E-state index contributed by atoms with van der Waals surface area (Å²) in [7, 11) is 1.50. The number of phosphoric ester groups is 1. The average Bonchev–Trinajstić information content (AvgIpc) is 3.84.